The molecule has 3 heteroatoms. The van der Waals surface area contributed by atoms with Gasteiger partial charge in [-0.2, -0.15) is 0 Å². The maximum atomic E-state index is 11.3. The number of aliphatic hydroxyl groups is 1. The highest BCUT2D eigenvalue weighted by Gasteiger charge is 2.72. The van der Waals surface area contributed by atoms with Gasteiger partial charge in [0.1, 0.15) is 11.2 Å². The van der Waals surface area contributed by atoms with Crippen molar-refractivity contribution in [3.63, 3.8) is 0 Å². The van der Waals surface area contributed by atoms with Crippen LogP contribution in [0.5, 0.6) is 0 Å². The van der Waals surface area contributed by atoms with Crippen molar-refractivity contribution in [3.05, 3.63) is 0 Å². The first-order valence-corrected chi connectivity index (χ1v) is 7.64. The summed E-state index contributed by atoms with van der Waals surface area (Å²) in [6.07, 6.45) is 5.25. The summed E-state index contributed by atoms with van der Waals surface area (Å²) in [5.74, 6) is 0.558. The van der Waals surface area contributed by atoms with Crippen molar-refractivity contribution in [3.8, 4) is 0 Å². The van der Waals surface area contributed by atoms with E-state index >= 15 is 0 Å². The Labute approximate surface area is 116 Å². The molecule has 110 valence electrons. The lowest BCUT2D eigenvalue weighted by Gasteiger charge is -2.61. The monoisotopic (exact) mass is 268 g/mol. The third-order valence-electron chi connectivity index (χ3n) is 6.66. The van der Waals surface area contributed by atoms with Crippen molar-refractivity contribution in [1.82, 2.24) is 0 Å². The van der Waals surface area contributed by atoms with E-state index in [1.165, 1.54) is 6.42 Å². The first-order valence-electron chi connectivity index (χ1n) is 7.64. The molecule has 0 unspecified atom stereocenters. The maximum Gasteiger partial charge on any atom is 0.117 e. The predicted octanol–water partition coefficient (Wildman–Crippen LogP) is 2.90. The Morgan fingerprint density at radius 2 is 1.74 bits per heavy atom. The lowest BCUT2D eigenvalue weighted by atomic mass is 9.50. The fraction of sp³-hybridized carbons (Fsp3) is 1.00. The van der Waals surface area contributed by atoms with Gasteiger partial charge in [-0.3, -0.25) is 0 Å². The molecule has 1 saturated heterocycles. The van der Waals surface area contributed by atoms with Gasteiger partial charge < -0.3 is 14.6 Å². The Balaban J connectivity index is 2.09. The Bertz CT molecular complexity index is 389. The number of hydrogen-bond donors (Lipinski definition) is 1. The summed E-state index contributed by atoms with van der Waals surface area (Å²) in [7, 11) is 1.71. The lowest BCUT2D eigenvalue weighted by molar-refractivity contribution is -0.292. The van der Waals surface area contributed by atoms with Crippen molar-refractivity contribution in [2.45, 2.75) is 82.7 Å². The minimum absolute atomic E-state index is 0.0792. The number of hydrogen-bond acceptors (Lipinski definition) is 3. The van der Waals surface area contributed by atoms with E-state index in [4.69, 9.17) is 9.47 Å². The molecule has 2 bridgehead atoms. The summed E-state index contributed by atoms with van der Waals surface area (Å²) in [6.45, 7) is 8.61. The maximum absolute atomic E-state index is 11.3. The Morgan fingerprint density at radius 1 is 1.11 bits per heavy atom. The Morgan fingerprint density at radius 3 is 2.37 bits per heavy atom. The van der Waals surface area contributed by atoms with Crippen molar-refractivity contribution in [2.75, 3.05) is 7.11 Å². The molecular weight excluding hydrogens is 240 g/mol. The first-order chi connectivity index (χ1) is 8.69. The van der Waals surface area contributed by atoms with E-state index in [0.29, 0.717) is 5.92 Å². The Kier molecular flexibility index (Phi) is 2.73. The van der Waals surface area contributed by atoms with Crippen LogP contribution in [0.15, 0.2) is 0 Å². The summed E-state index contributed by atoms with van der Waals surface area (Å²) < 4.78 is 12.2. The molecule has 0 amide bonds. The molecule has 2 aliphatic carbocycles. The van der Waals surface area contributed by atoms with Crippen LogP contribution in [0.25, 0.3) is 0 Å². The van der Waals surface area contributed by atoms with E-state index in [1.54, 1.807) is 7.11 Å². The van der Waals surface area contributed by atoms with Crippen LogP contribution in [0.4, 0.5) is 0 Å². The van der Waals surface area contributed by atoms with Crippen LogP contribution in [0.1, 0.15) is 59.8 Å². The normalized spacial score (nSPS) is 55.9. The second kappa shape index (κ2) is 3.75. The van der Waals surface area contributed by atoms with Gasteiger partial charge in [0, 0.05) is 7.11 Å². The van der Waals surface area contributed by atoms with Crippen molar-refractivity contribution in [1.29, 1.82) is 0 Å². The third-order valence-corrected chi connectivity index (χ3v) is 6.66. The van der Waals surface area contributed by atoms with Gasteiger partial charge in [0.15, 0.2) is 0 Å². The highest BCUT2D eigenvalue weighted by atomic mass is 16.6. The van der Waals surface area contributed by atoms with Gasteiger partial charge in [-0.1, -0.05) is 6.92 Å². The zero-order valence-electron chi connectivity index (χ0n) is 13.0. The molecule has 1 spiro atoms. The van der Waals surface area contributed by atoms with Crippen LogP contribution in [0, 0.1) is 11.3 Å². The van der Waals surface area contributed by atoms with Crippen molar-refractivity contribution in [2.24, 2.45) is 11.3 Å². The highest BCUT2D eigenvalue weighted by Crippen LogP contribution is 2.66. The SMILES string of the molecule is CO[C@H]1CC[C@@]2(C)CC[C@@H]3C[C@]2(OC3(C)C)[C@]1(C)O. The predicted molar refractivity (Wildman–Crippen MR) is 74.0 cm³/mol. The van der Waals surface area contributed by atoms with Crippen LogP contribution in [-0.2, 0) is 9.47 Å². The van der Waals surface area contributed by atoms with Gasteiger partial charge >= 0.3 is 0 Å². The molecule has 0 aromatic carbocycles. The molecule has 1 heterocycles. The van der Waals surface area contributed by atoms with Crippen molar-refractivity contribution >= 4 is 0 Å². The quantitative estimate of drug-likeness (QED) is 0.794. The summed E-state index contributed by atoms with van der Waals surface area (Å²) in [5, 5.41) is 11.3. The molecule has 3 aliphatic rings. The van der Waals surface area contributed by atoms with Crippen LogP contribution < -0.4 is 0 Å². The van der Waals surface area contributed by atoms with E-state index in [-0.39, 0.29) is 17.1 Å². The number of fused-ring (bicyclic) bond motifs is 1. The van der Waals surface area contributed by atoms with E-state index in [1.807, 2.05) is 6.92 Å². The first kappa shape index (κ1) is 13.8. The van der Waals surface area contributed by atoms with E-state index in [9.17, 15) is 5.11 Å². The summed E-state index contributed by atoms with van der Waals surface area (Å²) in [6, 6.07) is 0. The molecule has 0 radical (unpaired) electrons. The molecule has 3 rings (SSSR count). The van der Waals surface area contributed by atoms with E-state index in [2.05, 4.69) is 20.8 Å². The van der Waals surface area contributed by atoms with Crippen LogP contribution >= 0.6 is 0 Å². The number of methoxy groups -OCH3 is 1. The molecule has 2 saturated carbocycles. The van der Waals surface area contributed by atoms with Gasteiger partial charge in [-0.05, 0) is 64.2 Å². The third kappa shape index (κ3) is 1.50. The minimum atomic E-state index is -0.902. The standard InChI is InChI=1S/C16H28O3/c1-13(2)11-6-8-14(3)9-7-12(18-5)15(4,17)16(14,10-11)19-13/h11-12,17H,6-10H2,1-5H3/t11-,12+,14-,15-,16-/m1/s1. The average Bonchev–Trinajstić information content (AvgIpc) is 2.54. The smallest absolute Gasteiger partial charge is 0.117 e. The van der Waals surface area contributed by atoms with Gasteiger partial charge in [0.05, 0.1) is 11.7 Å². The molecule has 0 aromatic heterocycles. The zero-order chi connectivity index (χ0) is 14.1. The molecule has 1 N–H and O–H groups in total. The second-order valence-corrected chi connectivity index (χ2v) is 7.94. The largest absolute Gasteiger partial charge is 0.384 e. The van der Waals surface area contributed by atoms with Gasteiger partial charge in [-0.15, -0.1) is 0 Å². The molecule has 19 heavy (non-hydrogen) atoms. The van der Waals surface area contributed by atoms with Crippen molar-refractivity contribution < 1.29 is 14.6 Å². The molecular formula is C16H28O3. The summed E-state index contributed by atoms with van der Waals surface area (Å²) >= 11 is 0. The molecule has 3 nitrogen and oxygen atoms in total. The van der Waals surface area contributed by atoms with Gasteiger partial charge in [0.25, 0.3) is 0 Å². The summed E-state index contributed by atoms with van der Waals surface area (Å²) in [4.78, 5) is 0. The van der Waals surface area contributed by atoms with E-state index < -0.39 is 11.2 Å². The fourth-order valence-corrected chi connectivity index (χ4v) is 5.27. The zero-order valence-corrected chi connectivity index (χ0v) is 13.0. The van der Waals surface area contributed by atoms with Gasteiger partial charge in [-0.25, -0.2) is 0 Å². The van der Waals surface area contributed by atoms with Crippen LogP contribution in [0.3, 0.4) is 0 Å². The average molecular weight is 268 g/mol. The second-order valence-electron chi connectivity index (χ2n) is 7.94. The topological polar surface area (TPSA) is 38.7 Å². The lowest BCUT2D eigenvalue weighted by Crippen LogP contribution is -2.70. The summed E-state index contributed by atoms with van der Waals surface area (Å²) in [5.41, 5.74) is -1.39. The van der Waals surface area contributed by atoms with E-state index in [0.717, 1.165) is 25.7 Å². The van der Waals surface area contributed by atoms with Crippen LogP contribution in [0.2, 0.25) is 0 Å². The molecule has 3 fully saturated rings. The van der Waals surface area contributed by atoms with Crippen LogP contribution in [-0.4, -0.2) is 35.1 Å². The Hall–Kier alpha value is -0.120. The molecule has 1 aliphatic heterocycles. The number of rotatable bonds is 1. The van der Waals surface area contributed by atoms with Gasteiger partial charge in [0.2, 0.25) is 0 Å². The minimum Gasteiger partial charge on any atom is -0.384 e. The number of ether oxygens (including phenoxy) is 2. The molecule has 0 aromatic rings. The molecule has 5 atom stereocenters. The fourth-order valence-electron chi connectivity index (χ4n) is 5.27. The highest BCUT2D eigenvalue weighted by molar-refractivity contribution is 5.22.